The first-order valence-electron chi connectivity index (χ1n) is 7.11. The van der Waals surface area contributed by atoms with Crippen LogP contribution < -0.4 is 10.2 Å². The number of anilines is 2. The Morgan fingerprint density at radius 1 is 1.14 bits per heavy atom. The smallest absolute Gasteiger partial charge is 0.274 e. The molecule has 0 aliphatic carbocycles. The number of hydrogen-bond donors (Lipinski definition) is 1. The van der Waals surface area contributed by atoms with E-state index < -0.39 is 17.5 Å². The van der Waals surface area contributed by atoms with Gasteiger partial charge in [-0.05, 0) is 37.1 Å². The maximum Gasteiger partial charge on any atom is 0.274 e. The molecule has 1 aromatic heterocycles. The SMILES string of the molecule is O=C(Nc1ccc(F)cc1F)c1ccc(N2CCCC2)cn1. The highest BCUT2D eigenvalue weighted by Gasteiger charge is 2.15. The largest absolute Gasteiger partial charge is 0.370 e. The van der Waals surface area contributed by atoms with Gasteiger partial charge in [-0.3, -0.25) is 4.79 Å². The molecule has 0 radical (unpaired) electrons. The van der Waals surface area contributed by atoms with Crippen LogP contribution in [0.3, 0.4) is 0 Å². The highest BCUT2D eigenvalue weighted by molar-refractivity contribution is 6.03. The molecular formula is C16H15F2N3O. The topological polar surface area (TPSA) is 45.2 Å². The number of rotatable bonds is 3. The van der Waals surface area contributed by atoms with Crippen LogP contribution in [0.25, 0.3) is 0 Å². The number of aromatic nitrogens is 1. The van der Waals surface area contributed by atoms with Gasteiger partial charge < -0.3 is 10.2 Å². The normalized spacial score (nSPS) is 14.2. The number of benzene rings is 1. The van der Waals surface area contributed by atoms with E-state index in [1.165, 1.54) is 6.07 Å². The van der Waals surface area contributed by atoms with Crippen molar-refractivity contribution in [3.63, 3.8) is 0 Å². The molecule has 0 atom stereocenters. The lowest BCUT2D eigenvalue weighted by Crippen LogP contribution is -2.19. The van der Waals surface area contributed by atoms with Crippen molar-refractivity contribution in [3.8, 4) is 0 Å². The lowest BCUT2D eigenvalue weighted by atomic mass is 10.2. The lowest BCUT2D eigenvalue weighted by Gasteiger charge is -2.17. The second-order valence-electron chi connectivity index (χ2n) is 5.17. The van der Waals surface area contributed by atoms with Gasteiger partial charge in [-0.1, -0.05) is 0 Å². The van der Waals surface area contributed by atoms with Crippen LogP contribution in [0.1, 0.15) is 23.3 Å². The summed E-state index contributed by atoms with van der Waals surface area (Å²) < 4.78 is 26.3. The minimum atomic E-state index is -0.818. The van der Waals surface area contributed by atoms with E-state index in [-0.39, 0.29) is 11.4 Å². The zero-order chi connectivity index (χ0) is 15.5. The molecular weight excluding hydrogens is 288 g/mol. The van der Waals surface area contributed by atoms with Gasteiger partial charge in [0.15, 0.2) is 0 Å². The fourth-order valence-corrected chi connectivity index (χ4v) is 2.46. The van der Waals surface area contributed by atoms with E-state index in [0.717, 1.165) is 43.8 Å². The van der Waals surface area contributed by atoms with Gasteiger partial charge in [-0.15, -0.1) is 0 Å². The molecule has 0 spiro atoms. The number of carbonyl (C=O) groups is 1. The van der Waals surface area contributed by atoms with E-state index in [0.29, 0.717) is 0 Å². The number of halogens is 2. The number of nitrogens with zero attached hydrogens (tertiary/aromatic N) is 2. The summed E-state index contributed by atoms with van der Waals surface area (Å²) in [6.45, 7) is 1.99. The predicted octanol–water partition coefficient (Wildman–Crippen LogP) is 3.21. The van der Waals surface area contributed by atoms with E-state index in [1.807, 2.05) is 6.07 Å². The van der Waals surface area contributed by atoms with Crippen LogP contribution in [0, 0.1) is 11.6 Å². The Bertz CT molecular complexity index is 682. The molecule has 0 saturated carbocycles. The summed E-state index contributed by atoms with van der Waals surface area (Å²) in [7, 11) is 0. The monoisotopic (exact) mass is 303 g/mol. The van der Waals surface area contributed by atoms with Gasteiger partial charge in [0.25, 0.3) is 5.91 Å². The molecule has 2 aromatic rings. The van der Waals surface area contributed by atoms with Crippen molar-refractivity contribution >= 4 is 17.3 Å². The fourth-order valence-electron chi connectivity index (χ4n) is 2.46. The van der Waals surface area contributed by atoms with E-state index in [4.69, 9.17) is 0 Å². The molecule has 0 bridgehead atoms. The first-order valence-corrected chi connectivity index (χ1v) is 7.11. The average Bonchev–Trinajstić information content (AvgIpc) is 3.04. The molecule has 22 heavy (non-hydrogen) atoms. The Hall–Kier alpha value is -2.50. The number of pyridine rings is 1. The van der Waals surface area contributed by atoms with E-state index in [2.05, 4.69) is 15.2 Å². The van der Waals surface area contributed by atoms with E-state index in [1.54, 1.807) is 12.3 Å². The van der Waals surface area contributed by atoms with Gasteiger partial charge in [0.2, 0.25) is 0 Å². The van der Waals surface area contributed by atoms with E-state index >= 15 is 0 Å². The van der Waals surface area contributed by atoms with Crippen LogP contribution in [-0.4, -0.2) is 24.0 Å². The predicted molar refractivity (Wildman–Crippen MR) is 80.0 cm³/mol. The van der Waals surface area contributed by atoms with Crippen molar-refractivity contribution < 1.29 is 13.6 Å². The number of carbonyl (C=O) groups excluding carboxylic acids is 1. The van der Waals surface area contributed by atoms with Crippen molar-refractivity contribution in [2.45, 2.75) is 12.8 Å². The fraction of sp³-hybridized carbons (Fsp3) is 0.250. The van der Waals surface area contributed by atoms with Crippen LogP contribution in [0.5, 0.6) is 0 Å². The van der Waals surface area contributed by atoms with Gasteiger partial charge in [0.1, 0.15) is 17.3 Å². The zero-order valence-electron chi connectivity index (χ0n) is 11.9. The van der Waals surface area contributed by atoms with Gasteiger partial charge in [0, 0.05) is 19.2 Å². The maximum absolute atomic E-state index is 13.5. The summed E-state index contributed by atoms with van der Waals surface area (Å²) in [6, 6.07) is 6.42. The number of nitrogens with one attached hydrogen (secondary N) is 1. The quantitative estimate of drug-likeness (QED) is 0.947. The molecule has 1 saturated heterocycles. The van der Waals surface area contributed by atoms with Gasteiger partial charge >= 0.3 is 0 Å². The molecule has 0 unspecified atom stereocenters. The Labute approximate surface area is 126 Å². The summed E-state index contributed by atoms with van der Waals surface area (Å²) in [5.74, 6) is -2.04. The van der Waals surface area contributed by atoms with Gasteiger partial charge in [0.05, 0.1) is 17.6 Å². The van der Waals surface area contributed by atoms with Crippen LogP contribution in [0.2, 0.25) is 0 Å². The highest BCUT2D eigenvalue weighted by Crippen LogP contribution is 2.20. The van der Waals surface area contributed by atoms with Crippen molar-refractivity contribution in [1.29, 1.82) is 0 Å². The zero-order valence-corrected chi connectivity index (χ0v) is 11.9. The molecule has 1 amide bonds. The van der Waals surface area contributed by atoms with Gasteiger partial charge in [-0.2, -0.15) is 0 Å². The average molecular weight is 303 g/mol. The number of hydrogen-bond acceptors (Lipinski definition) is 3. The Morgan fingerprint density at radius 3 is 2.55 bits per heavy atom. The first kappa shape index (κ1) is 14.4. The second kappa shape index (κ2) is 6.09. The minimum Gasteiger partial charge on any atom is -0.370 e. The third-order valence-electron chi connectivity index (χ3n) is 3.63. The standard InChI is InChI=1S/C16H15F2N3O/c17-11-3-5-14(13(18)9-11)20-16(22)15-6-4-12(10-19-15)21-7-1-2-8-21/h3-6,9-10H,1-2,7-8H2,(H,20,22). The summed E-state index contributed by atoms with van der Waals surface area (Å²) in [5.41, 5.74) is 1.09. The Kier molecular flexibility index (Phi) is 4.00. The van der Waals surface area contributed by atoms with Crippen molar-refractivity contribution in [2.75, 3.05) is 23.3 Å². The molecule has 4 nitrogen and oxygen atoms in total. The Morgan fingerprint density at radius 2 is 1.91 bits per heavy atom. The molecule has 1 aliphatic heterocycles. The molecule has 1 aliphatic rings. The summed E-state index contributed by atoms with van der Waals surface area (Å²) >= 11 is 0. The highest BCUT2D eigenvalue weighted by atomic mass is 19.1. The van der Waals surface area contributed by atoms with E-state index in [9.17, 15) is 13.6 Å². The molecule has 6 heteroatoms. The van der Waals surface area contributed by atoms with Crippen LogP contribution in [-0.2, 0) is 0 Å². The van der Waals surface area contributed by atoms with Crippen molar-refractivity contribution in [1.82, 2.24) is 4.98 Å². The van der Waals surface area contributed by atoms with Gasteiger partial charge in [-0.25, -0.2) is 13.8 Å². The van der Waals surface area contributed by atoms with Crippen LogP contribution >= 0.6 is 0 Å². The minimum absolute atomic E-state index is 0.0724. The van der Waals surface area contributed by atoms with Crippen molar-refractivity contribution in [2.24, 2.45) is 0 Å². The molecule has 2 heterocycles. The van der Waals surface area contributed by atoms with Crippen LogP contribution in [0.4, 0.5) is 20.2 Å². The molecule has 3 rings (SSSR count). The lowest BCUT2D eigenvalue weighted by molar-refractivity contribution is 0.102. The third-order valence-corrected chi connectivity index (χ3v) is 3.63. The maximum atomic E-state index is 13.5. The molecule has 1 N–H and O–H groups in total. The summed E-state index contributed by atoms with van der Waals surface area (Å²) in [5, 5.41) is 2.39. The molecule has 1 aromatic carbocycles. The first-order chi connectivity index (χ1) is 10.6. The third kappa shape index (κ3) is 3.05. The van der Waals surface area contributed by atoms with Crippen molar-refractivity contribution in [3.05, 3.63) is 53.9 Å². The summed E-state index contributed by atoms with van der Waals surface area (Å²) in [4.78, 5) is 18.4. The van der Waals surface area contributed by atoms with Crippen LogP contribution in [0.15, 0.2) is 36.5 Å². The summed E-state index contributed by atoms with van der Waals surface area (Å²) in [6.07, 6.45) is 3.96. The molecule has 1 fully saturated rings. The second-order valence-corrected chi connectivity index (χ2v) is 5.17. The molecule has 114 valence electrons. The Balaban J connectivity index is 1.71. The number of amides is 1.